The van der Waals surface area contributed by atoms with Gasteiger partial charge in [0.15, 0.2) is 5.16 Å². The summed E-state index contributed by atoms with van der Waals surface area (Å²) in [6.45, 7) is 6.19. The molecule has 0 radical (unpaired) electrons. The lowest BCUT2D eigenvalue weighted by Crippen LogP contribution is -2.17. The number of carbonyl (C=O) groups is 1. The van der Waals surface area contributed by atoms with Crippen molar-refractivity contribution in [2.75, 3.05) is 5.75 Å². The highest BCUT2D eigenvalue weighted by Crippen LogP contribution is 2.60. The number of thioether (sulfide) groups is 1. The van der Waals surface area contributed by atoms with Gasteiger partial charge in [0, 0.05) is 0 Å². The maximum Gasteiger partial charge on any atom is 0.237 e. The van der Waals surface area contributed by atoms with Gasteiger partial charge in [0.2, 0.25) is 5.91 Å². The van der Waals surface area contributed by atoms with Gasteiger partial charge >= 0.3 is 0 Å². The molecule has 1 heterocycles. The minimum atomic E-state index is -0.147. The highest BCUT2D eigenvalue weighted by molar-refractivity contribution is 7.99. The number of imidazole rings is 1. The van der Waals surface area contributed by atoms with Crippen LogP contribution in [0.5, 0.6) is 0 Å². The number of nitrogens with zero attached hydrogens (tertiary/aromatic N) is 2. The Morgan fingerprint density at radius 1 is 1.39 bits per heavy atom. The van der Waals surface area contributed by atoms with Gasteiger partial charge in [0.25, 0.3) is 0 Å². The number of rotatable bonds is 4. The van der Waals surface area contributed by atoms with E-state index < -0.39 is 0 Å². The van der Waals surface area contributed by atoms with Gasteiger partial charge in [-0.25, -0.2) is 4.98 Å². The number of hydrogen-bond donors (Lipinski definition) is 0. The van der Waals surface area contributed by atoms with Gasteiger partial charge in [-0.3, -0.25) is 9.36 Å². The first kappa shape index (κ1) is 16.9. The second-order valence-corrected chi connectivity index (χ2v) is 8.51. The summed E-state index contributed by atoms with van der Waals surface area (Å²) in [4.78, 5) is 17.8. The highest BCUT2D eigenvalue weighted by atomic mass is 35.5. The monoisotopic (exact) mass is 368 g/mol. The fourth-order valence-electron chi connectivity index (χ4n) is 3.18. The molecule has 0 amide bonds. The van der Waals surface area contributed by atoms with Gasteiger partial charge in [0.1, 0.15) is 4.49 Å². The molecule has 3 rings (SSSR count). The van der Waals surface area contributed by atoms with Gasteiger partial charge in [-0.2, -0.15) is 0 Å². The molecule has 1 saturated carbocycles. The predicted molar refractivity (Wildman–Crippen MR) is 97.3 cm³/mol. The third-order valence-corrected chi connectivity index (χ3v) is 5.58. The van der Waals surface area contributed by atoms with Crippen molar-refractivity contribution in [2.24, 2.45) is 17.3 Å². The molecule has 1 aromatic heterocycles. The van der Waals surface area contributed by atoms with Gasteiger partial charge in [0.05, 0.1) is 17.0 Å². The summed E-state index contributed by atoms with van der Waals surface area (Å²) >= 11 is 13.2. The molecule has 1 fully saturated rings. The summed E-state index contributed by atoms with van der Waals surface area (Å²) < 4.78 is 1.98. The van der Waals surface area contributed by atoms with E-state index in [0.29, 0.717) is 0 Å². The molecule has 122 valence electrons. The zero-order valence-corrected chi connectivity index (χ0v) is 15.5. The molecular formula is C17H18Cl2N2OS. The van der Waals surface area contributed by atoms with Crippen LogP contribution in [0, 0.1) is 17.3 Å². The fraction of sp³-hybridized carbons (Fsp3) is 0.412. The largest absolute Gasteiger partial charge is 0.274 e. The second-order valence-electron chi connectivity index (χ2n) is 6.27. The quantitative estimate of drug-likeness (QED) is 0.679. The van der Waals surface area contributed by atoms with E-state index in [1.54, 1.807) is 22.4 Å². The van der Waals surface area contributed by atoms with Crippen LogP contribution in [0.4, 0.5) is 0 Å². The first-order valence-electron chi connectivity index (χ1n) is 7.55. The number of carbonyl (C=O) groups excluding carboxylic acids is 1. The molecule has 0 aliphatic heterocycles. The van der Waals surface area contributed by atoms with E-state index in [-0.39, 0.29) is 27.6 Å². The van der Waals surface area contributed by atoms with Crippen molar-refractivity contribution in [3.63, 3.8) is 0 Å². The molecule has 23 heavy (non-hydrogen) atoms. The van der Waals surface area contributed by atoms with Crippen molar-refractivity contribution in [3.05, 3.63) is 34.8 Å². The first-order chi connectivity index (χ1) is 10.9. The molecule has 0 N–H and O–H groups in total. The minimum absolute atomic E-state index is 0.0561. The summed E-state index contributed by atoms with van der Waals surface area (Å²) in [7, 11) is 0. The number of benzene rings is 1. The molecule has 2 unspecified atom stereocenters. The van der Waals surface area contributed by atoms with Crippen molar-refractivity contribution in [2.45, 2.75) is 25.9 Å². The Morgan fingerprint density at radius 3 is 2.74 bits per heavy atom. The molecule has 2 aromatic rings. The second kappa shape index (κ2) is 6.15. The van der Waals surface area contributed by atoms with E-state index in [4.69, 9.17) is 23.2 Å². The van der Waals surface area contributed by atoms with E-state index in [0.717, 1.165) is 21.9 Å². The predicted octanol–water partition coefficient (Wildman–Crippen LogP) is 5.38. The van der Waals surface area contributed by atoms with Crippen molar-refractivity contribution < 1.29 is 4.79 Å². The lowest BCUT2D eigenvalue weighted by Gasteiger charge is -2.08. The van der Waals surface area contributed by atoms with E-state index in [1.807, 2.05) is 24.3 Å². The van der Waals surface area contributed by atoms with Crippen molar-refractivity contribution in [1.29, 1.82) is 0 Å². The summed E-state index contributed by atoms with van der Waals surface area (Å²) in [6.07, 6.45) is 1.78. The molecule has 2 atom stereocenters. The number of hydrogen-bond acceptors (Lipinski definition) is 3. The maximum absolute atomic E-state index is 13.2. The van der Waals surface area contributed by atoms with Gasteiger partial charge in [-0.05, 0) is 35.3 Å². The molecule has 0 saturated heterocycles. The van der Waals surface area contributed by atoms with Crippen LogP contribution in [0.25, 0.3) is 11.0 Å². The third kappa shape index (κ3) is 2.92. The molecule has 0 spiro atoms. The van der Waals surface area contributed by atoms with Crippen LogP contribution in [-0.2, 0) is 0 Å². The van der Waals surface area contributed by atoms with Gasteiger partial charge in [-0.1, -0.05) is 67.9 Å². The van der Waals surface area contributed by atoms with Crippen LogP contribution in [0.2, 0.25) is 0 Å². The zero-order chi connectivity index (χ0) is 16.8. The maximum atomic E-state index is 13.2. The van der Waals surface area contributed by atoms with Crippen LogP contribution < -0.4 is 0 Å². The Balaban J connectivity index is 2.05. The molecule has 0 bridgehead atoms. The molecule has 1 aliphatic rings. The fourth-order valence-corrected chi connectivity index (χ4v) is 4.19. The number of allylic oxidation sites excluding steroid dienone is 1. The first-order valence-corrected chi connectivity index (χ1v) is 9.29. The summed E-state index contributed by atoms with van der Waals surface area (Å²) in [5.74, 6) is 0.849. The average Bonchev–Trinajstić information content (AvgIpc) is 2.85. The summed E-state index contributed by atoms with van der Waals surface area (Å²) in [5.41, 5.74) is 1.56. The molecule has 6 heteroatoms. The SMILES string of the molecule is CCSc1nc2ccccc2n1C(=O)C1C(C=C(Cl)Cl)C1(C)C. The van der Waals surface area contributed by atoms with Crippen LogP contribution in [-0.4, -0.2) is 21.2 Å². The molecule has 1 aromatic carbocycles. The third-order valence-electron chi connectivity index (χ3n) is 4.51. The molecule has 3 nitrogen and oxygen atoms in total. The summed E-state index contributed by atoms with van der Waals surface area (Å²) in [6, 6.07) is 7.74. The average molecular weight is 369 g/mol. The Labute approximate surface area is 150 Å². The van der Waals surface area contributed by atoms with E-state index in [9.17, 15) is 4.79 Å². The standard InChI is InChI=1S/C17H18Cl2N2OS/c1-4-23-16-20-11-7-5-6-8-12(11)21(16)15(22)14-10(9-13(18)19)17(14,2)3/h5-10,14H,4H2,1-3H3. The Kier molecular flexibility index (Phi) is 4.51. The lowest BCUT2D eigenvalue weighted by atomic mass is 10.1. The molecular weight excluding hydrogens is 351 g/mol. The van der Waals surface area contributed by atoms with Crippen molar-refractivity contribution in [3.8, 4) is 0 Å². The van der Waals surface area contributed by atoms with Crippen molar-refractivity contribution in [1.82, 2.24) is 9.55 Å². The van der Waals surface area contributed by atoms with Crippen LogP contribution in [0.15, 0.2) is 40.0 Å². The molecule has 1 aliphatic carbocycles. The minimum Gasteiger partial charge on any atom is -0.274 e. The Bertz CT molecular complexity index is 793. The van der Waals surface area contributed by atoms with Crippen molar-refractivity contribution >= 4 is 51.9 Å². The van der Waals surface area contributed by atoms with E-state index in [1.165, 1.54) is 0 Å². The number of para-hydroxylation sites is 2. The van der Waals surface area contributed by atoms with E-state index in [2.05, 4.69) is 25.8 Å². The van der Waals surface area contributed by atoms with Gasteiger partial charge in [-0.15, -0.1) is 0 Å². The number of fused-ring (bicyclic) bond motifs is 1. The van der Waals surface area contributed by atoms with Gasteiger partial charge < -0.3 is 0 Å². The lowest BCUT2D eigenvalue weighted by molar-refractivity contribution is 0.0863. The highest BCUT2D eigenvalue weighted by Gasteiger charge is 2.61. The Morgan fingerprint density at radius 2 is 2.09 bits per heavy atom. The van der Waals surface area contributed by atoms with Crippen LogP contribution >= 0.6 is 35.0 Å². The van der Waals surface area contributed by atoms with Crippen LogP contribution in [0.3, 0.4) is 0 Å². The van der Waals surface area contributed by atoms with E-state index >= 15 is 0 Å². The Hall–Kier alpha value is -0.970. The smallest absolute Gasteiger partial charge is 0.237 e. The van der Waals surface area contributed by atoms with Crippen LogP contribution in [0.1, 0.15) is 25.6 Å². The number of aromatic nitrogens is 2. The summed E-state index contributed by atoms with van der Waals surface area (Å²) in [5, 5.41) is 0.751. The zero-order valence-electron chi connectivity index (χ0n) is 13.2. The normalized spacial score (nSPS) is 22.1. The topological polar surface area (TPSA) is 34.9 Å². The number of halogens is 2.